The maximum Gasteiger partial charge on any atom is 0.160 e. The van der Waals surface area contributed by atoms with E-state index in [1.807, 2.05) is 12.1 Å². The lowest BCUT2D eigenvalue weighted by Crippen LogP contribution is -1.47. The summed E-state index contributed by atoms with van der Waals surface area (Å²) < 4.78 is 4.88. The summed E-state index contributed by atoms with van der Waals surface area (Å²) in [5.41, 5.74) is 0. The van der Waals surface area contributed by atoms with Crippen molar-refractivity contribution in [1.82, 2.24) is 0 Å². The first-order valence-electron chi connectivity index (χ1n) is 1.89. The summed E-state index contributed by atoms with van der Waals surface area (Å²) in [5.74, 6) is 0. The van der Waals surface area contributed by atoms with Crippen LogP contribution >= 0.6 is 11.8 Å². The molecule has 0 aromatic carbocycles. The van der Waals surface area contributed by atoms with Crippen molar-refractivity contribution in [2.45, 2.75) is 5.09 Å². The summed E-state index contributed by atoms with van der Waals surface area (Å²) in [5, 5.41) is 0.861. The predicted octanol–water partition coefficient (Wildman–Crippen LogP) is 2.16. The van der Waals surface area contributed by atoms with Crippen molar-refractivity contribution in [3.63, 3.8) is 0 Å². The predicted molar refractivity (Wildman–Crippen MR) is 29.9 cm³/mol. The molecule has 0 spiro atoms. The van der Waals surface area contributed by atoms with Crippen molar-refractivity contribution in [1.29, 1.82) is 0 Å². The Balaban J connectivity index is 2.76. The fourth-order valence-corrected chi connectivity index (χ4v) is 0.644. The number of thioether (sulfide) groups is 1. The molecule has 0 unspecified atom stereocenters. The molecule has 0 atom stereocenters. The van der Waals surface area contributed by atoms with Crippen LogP contribution in [0.15, 0.2) is 27.9 Å². The molecule has 7 heavy (non-hydrogen) atoms. The van der Waals surface area contributed by atoms with Crippen LogP contribution in [-0.2, 0) is 0 Å². The average molecular weight is 113 g/mol. The van der Waals surface area contributed by atoms with Gasteiger partial charge in [-0.25, -0.2) is 0 Å². The third-order valence-corrected chi connectivity index (χ3v) is 1.15. The molecule has 0 aliphatic heterocycles. The second kappa shape index (κ2) is 2.07. The van der Waals surface area contributed by atoms with Gasteiger partial charge in [-0.3, -0.25) is 0 Å². The second-order valence-electron chi connectivity index (χ2n) is 1.08. The standard InChI is InChI=1S/C5H5OS/c1-7-5-3-2-4-6-5/h2-4H,1H2. The van der Waals surface area contributed by atoms with Gasteiger partial charge in [-0.05, 0) is 12.1 Å². The first-order valence-corrected chi connectivity index (χ1v) is 2.87. The smallest absolute Gasteiger partial charge is 0.160 e. The normalized spacial score (nSPS) is 9.29. The fourth-order valence-electron chi connectivity index (χ4n) is 0.346. The molecule has 0 amide bonds. The largest absolute Gasteiger partial charge is 0.458 e. The van der Waals surface area contributed by atoms with Gasteiger partial charge in [0.1, 0.15) is 0 Å². The molecular formula is C5H5OS. The van der Waals surface area contributed by atoms with Crippen LogP contribution in [0.25, 0.3) is 0 Å². The van der Waals surface area contributed by atoms with Gasteiger partial charge in [-0.1, -0.05) is 11.8 Å². The van der Waals surface area contributed by atoms with Gasteiger partial charge >= 0.3 is 0 Å². The van der Waals surface area contributed by atoms with Gasteiger partial charge in [0.2, 0.25) is 0 Å². The number of furan rings is 1. The first-order chi connectivity index (χ1) is 3.43. The van der Waals surface area contributed by atoms with Crippen LogP contribution < -0.4 is 0 Å². The van der Waals surface area contributed by atoms with Crippen LogP contribution in [0.4, 0.5) is 0 Å². The van der Waals surface area contributed by atoms with Gasteiger partial charge in [0.25, 0.3) is 0 Å². The van der Waals surface area contributed by atoms with E-state index in [1.54, 1.807) is 6.26 Å². The minimum Gasteiger partial charge on any atom is -0.458 e. The second-order valence-corrected chi connectivity index (χ2v) is 1.77. The van der Waals surface area contributed by atoms with E-state index in [4.69, 9.17) is 4.42 Å². The molecule has 0 saturated heterocycles. The summed E-state index contributed by atoms with van der Waals surface area (Å²) in [4.78, 5) is 0. The lowest BCUT2D eigenvalue weighted by Gasteiger charge is -1.78. The highest BCUT2D eigenvalue weighted by molar-refractivity contribution is 8.00. The Morgan fingerprint density at radius 1 is 1.71 bits per heavy atom. The lowest BCUT2D eigenvalue weighted by molar-refractivity contribution is 0.475. The molecular weight excluding hydrogens is 108 g/mol. The summed E-state index contributed by atoms with van der Waals surface area (Å²) in [6.45, 7) is 0. The van der Waals surface area contributed by atoms with Crippen molar-refractivity contribution in [3.8, 4) is 0 Å². The Labute approximate surface area is 46.7 Å². The van der Waals surface area contributed by atoms with Gasteiger partial charge in [0.05, 0.1) is 6.26 Å². The van der Waals surface area contributed by atoms with Crippen LogP contribution in [0, 0.1) is 6.26 Å². The molecule has 1 rings (SSSR count). The summed E-state index contributed by atoms with van der Waals surface area (Å²) in [6.07, 6.45) is 5.18. The Bertz CT molecular complexity index is 123. The van der Waals surface area contributed by atoms with E-state index in [2.05, 4.69) is 6.26 Å². The summed E-state index contributed by atoms with van der Waals surface area (Å²) in [6, 6.07) is 3.71. The molecule has 0 N–H and O–H groups in total. The van der Waals surface area contributed by atoms with E-state index in [9.17, 15) is 0 Å². The molecule has 0 aliphatic carbocycles. The number of rotatable bonds is 1. The van der Waals surface area contributed by atoms with E-state index >= 15 is 0 Å². The molecule has 1 nitrogen and oxygen atoms in total. The Morgan fingerprint density at radius 2 is 2.57 bits per heavy atom. The molecule has 1 heterocycles. The third kappa shape index (κ3) is 0.996. The Kier molecular flexibility index (Phi) is 1.42. The van der Waals surface area contributed by atoms with Crippen molar-refractivity contribution in [2.24, 2.45) is 0 Å². The lowest BCUT2D eigenvalue weighted by atomic mass is 10.7. The van der Waals surface area contributed by atoms with Crippen molar-refractivity contribution in [2.75, 3.05) is 0 Å². The molecule has 0 saturated carbocycles. The molecule has 0 bridgehead atoms. The average Bonchev–Trinajstić information content (AvgIpc) is 2.14. The highest BCUT2D eigenvalue weighted by Crippen LogP contribution is 2.14. The molecule has 1 radical (unpaired) electrons. The molecule has 0 fully saturated rings. The Morgan fingerprint density at radius 3 is 2.86 bits per heavy atom. The molecule has 1 aromatic rings. The highest BCUT2D eigenvalue weighted by Gasteiger charge is 1.85. The van der Waals surface area contributed by atoms with Crippen molar-refractivity contribution >= 4 is 11.8 Å². The monoisotopic (exact) mass is 113 g/mol. The van der Waals surface area contributed by atoms with E-state index in [0.29, 0.717) is 0 Å². The fraction of sp³-hybridized carbons (Fsp3) is 0. The topological polar surface area (TPSA) is 13.1 Å². The van der Waals surface area contributed by atoms with E-state index < -0.39 is 0 Å². The van der Waals surface area contributed by atoms with Gasteiger partial charge in [0.15, 0.2) is 5.09 Å². The maximum atomic E-state index is 4.88. The van der Waals surface area contributed by atoms with Gasteiger partial charge in [-0.15, -0.1) is 0 Å². The van der Waals surface area contributed by atoms with Crippen LogP contribution in [0.5, 0.6) is 0 Å². The number of hydrogen-bond acceptors (Lipinski definition) is 2. The van der Waals surface area contributed by atoms with Gasteiger partial charge < -0.3 is 4.42 Å². The van der Waals surface area contributed by atoms with Gasteiger partial charge in [0, 0.05) is 6.26 Å². The third-order valence-electron chi connectivity index (χ3n) is 0.637. The van der Waals surface area contributed by atoms with E-state index in [0.717, 1.165) is 5.09 Å². The minimum atomic E-state index is 0.861. The van der Waals surface area contributed by atoms with Crippen molar-refractivity contribution in [3.05, 3.63) is 24.7 Å². The van der Waals surface area contributed by atoms with Gasteiger partial charge in [-0.2, -0.15) is 0 Å². The van der Waals surface area contributed by atoms with Crippen LogP contribution in [-0.4, -0.2) is 0 Å². The maximum absolute atomic E-state index is 4.88. The molecule has 1 aromatic heterocycles. The summed E-state index contributed by atoms with van der Waals surface area (Å²) in [7, 11) is 0. The molecule has 2 heteroatoms. The van der Waals surface area contributed by atoms with Crippen LogP contribution in [0.1, 0.15) is 0 Å². The van der Waals surface area contributed by atoms with E-state index in [-0.39, 0.29) is 0 Å². The summed E-state index contributed by atoms with van der Waals surface area (Å²) >= 11 is 1.36. The van der Waals surface area contributed by atoms with Crippen LogP contribution in [0.3, 0.4) is 0 Å². The molecule has 37 valence electrons. The zero-order valence-electron chi connectivity index (χ0n) is 3.76. The van der Waals surface area contributed by atoms with Crippen LogP contribution in [0.2, 0.25) is 0 Å². The zero-order valence-corrected chi connectivity index (χ0v) is 4.57. The minimum absolute atomic E-state index is 0.861. The van der Waals surface area contributed by atoms with E-state index in [1.165, 1.54) is 11.8 Å². The van der Waals surface area contributed by atoms with Crippen molar-refractivity contribution < 1.29 is 4.42 Å². The molecule has 0 aliphatic rings. The Hall–Kier alpha value is -0.370. The highest BCUT2D eigenvalue weighted by atomic mass is 32.2. The first kappa shape index (κ1) is 4.78. The zero-order chi connectivity index (χ0) is 5.11. The number of hydrogen-bond donors (Lipinski definition) is 0. The quantitative estimate of drug-likeness (QED) is 0.518. The SMILES string of the molecule is [CH2]Sc1ccco1.